The van der Waals surface area contributed by atoms with Crippen molar-refractivity contribution in [2.24, 2.45) is 0 Å². The van der Waals surface area contributed by atoms with Gasteiger partial charge in [-0.2, -0.15) is 0 Å². The van der Waals surface area contributed by atoms with Crippen molar-refractivity contribution in [1.29, 1.82) is 0 Å². The molecular weight excluding hydrogens is 372 g/mol. The van der Waals surface area contributed by atoms with E-state index in [-0.39, 0.29) is 22.9 Å². The minimum Gasteiger partial charge on any atom is -0.210 e. The van der Waals surface area contributed by atoms with Crippen LogP contribution in [0.5, 0.6) is 0 Å². The van der Waals surface area contributed by atoms with Crippen LogP contribution >= 0.6 is 11.6 Å². The predicted octanol–water partition coefficient (Wildman–Crippen LogP) is 1.91. The Balaban J connectivity index is 1.92. The highest BCUT2D eigenvalue weighted by molar-refractivity contribution is 7.89. The standard InChI is InChI=1S/C15H17ClN2O4S2/c1-12-2-6-14(7-3-12)23(19,20)17-10-11-18-24(21,22)15-8-4-13(16)5-9-15/h2-9,17-18H,10-11H2,1H3. The Hall–Kier alpha value is -1.45. The molecule has 0 aliphatic rings. The van der Waals surface area contributed by atoms with Gasteiger partial charge >= 0.3 is 0 Å². The van der Waals surface area contributed by atoms with Gasteiger partial charge in [-0.15, -0.1) is 0 Å². The van der Waals surface area contributed by atoms with Crippen LogP contribution < -0.4 is 9.44 Å². The second-order valence-electron chi connectivity index (χ2n) is 5.06. The summed E-state index contributed by atoms with van der Waals surface area (Å²) in [5.41, 5.74) is 0.949. The molecule has 0 bridgehead atoms. The number of hydrogen-bond donors (Lipinski definition) is 2. The summed E-state index contributed by atoms with van der Waals surface area (Å²) in [6.45, 7) is 1.72. The molecule has 0 spiro atoms. The molecule has 0 amide bonds. The Morgan fingerprint density at radius 3 is 1.54 bits per heavy atom. The maximum atomic E-state index is 12.1. The predicted molar refractivity (Wildman–Crippen MR) is 93.0 cm³/mol. The lowest BCUT2D eigenvalue weighted by atomic mass is 10.2. The summed E-state index contributed by atoms with van der Waals surface area (Å²) in [7, 11) is -7.38. The van der Waals surface area contributed by atoms with Crippen molar-refractivity contribution in [2.75, 3.05) is 13.1 Å². The van der Waals surface area contributed by atoms with Crippen LogP contribution in [0, 0.1) is 6.92 Å². The van der Waals surface area contributed by atoms with Gasteiger partial charge in [-0.1, -0.05) is 29.3 Å². The maximum Gasteiger partial charge on any atom is 0.240 e. The van der Waals surface area contributed by atoms with Crippen LogP contribution in [0.1, 0.15) is 5.56 Å². The van der Waals surface area contributed by atoms with E-state index < -0.39 is 20.0 Å². The Bertz CT molecular complexity index is 816. The molecule has 0 radical (unpaired) electrons. The molecule has 0 aliphatic carbocycles. The van der Waals surface area contributed by atoms with E-state index in [4.69, 9.17) is 11.6 Å². The smallest absolute Gasteiger partial charge is 0.210 e. The van der Waals surface area contributed by atoms with Gasteiger partial charge in [0.25, 0.3) is 0 Å². The summed E-state index contributed by atoms with van der Waals surface area (Å²) in [6, 6.07) is 12.1. The average molecular weight is 389 g/mol. The molecule has 0 heterocycles. The van der Waals surface area contributed by atoms with Gasteiger partial charge in [0.05, 0.1) is 9.79 Å². The summed E-state index contributed by atoms with van der Waals surface area (Å²) >= 11 is 5.71. The first-order valence-electron chi connectivity index (χ1n) is 7.02. The first-order chi connectivity index (χ1) is 11.2. The van der Waals surface area contributed by atoms with Crippen molar-refractivity contribution >= 4 is 31.6 Å². The lowest BCUT2D eigenvalue weighted by Gasteiger charge is -2.09. The maximum absolute atomic E-state index is 12.1. The molecule has 6 nitrogen and oxygen atoms in total. The van der Waals surface area contributed by atoms with Gasteiger partial charge in [-0.05, 0) is 43.3 Å². The van der Waals surface area contributed by atoms with E-state index >= 15 is 0 Å². The number of hydrogen-bond acceptors (Lipinski definition) is 4. The SMILES string of the molecule is Cc1ccc(S(=O)(=O)NCCNS(=O)(=O)c2ccc(Cl)cc2)cc1. The minimum absolute atomic E-state index is 0.0632. The topological polar surface area (TPSA) is 92.3 Å². The molecule has 2 aromatic rings. The lowest BCUT2D eigenvalue weighted by Crippen LogP contribution is -2.34. The molecule has 0 saturated heterocycles. The van der Waals surface area contributed by atoms with Crippen LogP contribution in [-0.4, -0.2) is 29.9 Å². The largest absolute Gasteiger partial charge is 0.240 e. The number of rotatable bonds is 7. The summed E-state index contributed by atoms with van der Waals surface area (Å²) in [5.74, 6) is 0. The molecular formula is C15H17ClN2O4S2. The first kappa shape index (κ1) is 18.9. The highest BCUT2D eigenvalue weighted by Gasteiger charge is 2.15. The molecule has 0 aliphatic heterocycles. The second-order valence-corrected chi connectivity index (χ2v) is 9.03. The van der Waals surface area contributed by atoms with Gasteiger partial charge in [0.15, 0.2) is 0 Å². The normalized spacial score (nSPS) is 12.2. The molecule has 24 heavy (non-hydrogen) atoms. The molecule has 0 unspecified atom stereocenters. The molecule has 2 N–H and O–H groups in total. The minimum atomic E-state index is -3.71. The van der Waals surface area contributed by atoms with Gasteiger partial charge in [0, 0.05) is 18.1 Å². The van der Waals surface area contributed by atoms with E-state index in [1.54, 1.807) is 12.1 Å². The summed E-state index contributed by atoms with van der Waals surface area (Å²) in [4.78, 5) is 0.196. The third-order valence-electron chi connectivity index (χ3n) is 3.16. The van der Waals surface area contributed by atoms with Gasteiger partial charge in [-0.25, -0.2) is 26.3 Å². The van der Waals surface area contributed by atoms with E-state index in [1.165, 1.54) is 36.4 Å². The van der Waals surface area contributed by atoms with Crippen molar-refractivity contribution in [3.05, 3.63) is 59.1 Å². The number of aryl methyl sites for hydroxylation is 1. The summed E-state index contributed by atoms with van der Waals surface area (Å²) in [6.07, 6.45) is 0. The zero-order valence-corrected chi connectivity index (χ0v) is 15.2. The van der Waals surface area contributed by atoms with Crippen molar-refractivity contribution in [2.45, 2.75) is 16.7 Å². The monoisotopic (exact) mass is 388 g/mol. The molecule has 0 saturated carbocycles. The van der Waals surface area contributed by atoms with Gasteiger partial charge in [-0.3, -0.25) is 0 Å². The molecule has 2 rings (SSSR count). The molecule has 130 valence electrons. The zero-order valence-electron chi connectivity index (χ0n) is 12.9. The number of sulfonamides is 2. The number of nitrogens with one attached hydrogen (secondary N) is 2. The van der Waals surface area contributed by atoms with Crippen LogP contribution in [0.2, 0.25) is 5.02 Å². The molecule has 0 fully saturated rings. The third-order valence-corrected chi connectivity index (χ3v) is 6.37. The Morgan fingerprint density at radius 2 is 1.12 bits per heavy atom. The van der Waals surface area contributed by atoms with E-state index in [9.17, 15) is 16.8 Å². The quantitative estimate of drug-likeness (QED) is 0.708. The highest BCUT2D eigenvalue weighted by Crippen LogP contribution is 2.13. The first-order valence-corrected chi connectivity index (χ1v) is 10.4. The zero-order chi connectivity index (χ0) is 17.8. The van der Waals surface area contributed by atoms with Gasteiger partial charge in [0.1, 0.15) is 0 Å². The molecule has 0 aromatic heterocycles. The van der Waals surface area contributed by atoms with Gasteiger partial charge in [0.2, 0.25) is 20.0 Å². The van der Waals surface area contributed by atoms with E-state index in [2.05, 4.69) is 9.44 Å². The van der Waals surface area contributed by atoms with Crippen molar-refractivity contribution in [1.82, 2.24) is 9.44 Å². The fourth-order valence-electron chi connectivity index (χ4n) is 1.87. The van der Waals surface area contributed by atoms with Crippen molar-refractivity contribution < 1.29 is 16.8 Å². The Morgan fingerprint density at radius 1 is 0.750 bits per heavy atom. The second kappa shape index (κ2) is 7.62. The third kappa shape index (κ3) is 5.02. The highest BCUT2D eigenvalue weighted by atomic mass is 35.5. The fraction of sp³-hybridized carbons (Fsp3) is 0.200. The molecule has 9 heteroatoms. The Labute approximate surface area is 147 Å². The van der Waals surface area contributed by atoms with E-state index in [1.807, 2.05) is 6.92 Å². The molecule has 2 aromatic carbocycles. The fourth-order valence-corrected chi connectivity index (χ4v) is 4.06. The number of halogens is 1. The van der Waals surface area contributed by atoms with E-state index in [0.29, 0.717) is 5.02 Å². The Kier molecular flexibility index (Phi) is 6.00. The van der Waals surface area contributed by atoms with Crippen LogP contribution in [0.4, 0.5) is 0 Å². The van der Waals surface area contributed by atoms with Crippen LogP contribution in [0.25, 0.3) is 0 Å². The van der Waals surface area contributed by atoms with Crippen LogP contribution in [0.3, 0.4) is 0 Å². The summed E-state index contributed by atoms with van der Waals surface area (Å²) in [5, 5.41) is 0.430. The lowest BCUT2D eigenvalue weighted by molar-refractivity contribution is 0.570. The van der Waals surface area contributed by atoms with Gasteiger partial charge < -0.3 is 0 Å². The van der Waals surface area contributed by atoms with Crippen LogP contribution in [0.15, 0.2) is 58.3 Å². The van der Waals surface area contributed by atoms with Crippen LogP contribution in [-0.2, 0) is 20.0 Å². The van der Waals surface area contributed by atoms with E-state index in [0.717, 1.165) is 5.56 Å². The molecule has 0 atom stereocenters. The average Bonchev–Trinajstić information content (AvgIpc) is 2.52. The van der Waals surface area contributed by atoms with Crippen molar-refractivity contribution in [3.8, 4) is 0 Å². The number of benzene rings is 2. The van der Waals surface area contributed by atoms with Crippen molar-refractivity contribution in [3.63, 3.8) is 0 Å². The summed E-state index contributed by atoms with van der Waals surface area (Å²) < 4.78 is 52.9.